The van der Waals surface area contributed by atoms with Crippen LogP contribution in [0.4, 0.5) is 16.4 Å². The number of hydrogen-bond acceptors (Lipinski definition) is 6. The molecule has 3 rings (SSSR count). The lowest BCUT2D eigenvalue weighted by Gasteiger charge is -2.24. The van der Waals surface area contributed by atoms with Gasteiger partial charge in [0.25, 0.3) is 0 Å². The molecule has 0 aliphatic carbocycles. The van der Waals surface area contributed by atoms with Crippen molar-refractivity contribution in [1.82, 2.24) is 14.9 Å². The Hall–Kier alpha value is -2.57. The fourth-order valence-corrected chi connectivity index (χ4v) is 3.03. The van der Waals surface area contributed by atoms with Crippen LogP contribution in [0.25, 0.3) is 11.0 Å². The molecule has 1 aromatic heterocycles. The Bertz CT molecular complexity index is 787. The number of aromatic nitrogens is 2. The second-order valence-corrected chi connectivity index (χ2v) is 7.62. The molecule has 0 radical (unpaired) electrons. The van der Waals surface area contributed by atoms with Crippen LogP contribution >= 0.6 is 0 Å². The molecule has 0 bridgehead atoms. The molecular formula is C19H27N5O2. The zero-order chi connectivity index (χ0) is 18.7. The number of carbonyl (C=O) groups is 1. The molecule has 7 nitrogen and oxygen atoms in total. The number of hydrogen-bond donors (Lipinski definition) is 2. The van der Waals surface area contributed by atoms with Crippen LogP contribution < -0.4 is 10.6 Å². The SMILES string of the molecule is CNc1nc2ccccc2nc1NC[C@H]1CCN(C(=O)OC(C)(C)C)C1. The topological polar surface area (TPSA) is 79.4 Å². The van der Waals surface area contributed by atoms with Crippen LogP contribution in [-0.4, -0.2) is 53.2 Å². The molecule has 1 aliphatic rings. The molecule has 2 N–H and O–H groups in total. The maximum absolute atomic E-state index is 12.2. The minimum atomic E-state index is -0.462. The van der Waals surface area contributed by atoms with E-state index in [1.54, 1.807) is 4.90 Å². The standard InChI is InChI=1S/C19H27N5O2/c1-19(2,3)26-18(25)24-10-9-13(12-24)11-21-17-16(20-4)22-14-7-5-6-8-15(14)23-17/h5-8,13H,9-12H2,1-4H3,(H,20,22)(H,21,23)/t13-/m1/s1. The summed E-state index contributed by atoms with van der Waals surface area (Å²) in [6, 6.07) is 7.80. The lowest BCUT2D eigenvalue weighted by molar-refractivity contribution is 0.0289. The van der Waals surface area contributed by atoms with E-state index in [4.69, 9.17) is 4.74 Å². The summed E-state index contributed by atoms with van der Waals surface area (Å²) in [7, 11) is 1.84. The van der Waals surface area contributed by atoms with Gasteiger partial charge in [-0.1, -0.05) is 12.1 Å². The number of benzene rings is 1. The van der Waals surface area contributed by atoms with Gasteiger partial charge in [-0.3, -0.25) is 0 Å². The first-order valence-electron chi connectivity index (χ1n) is 9.02. The Kier molecular flexibility index (Phi) is 5.15. The fourth-order valence-electron chi connectivity index (χ4n) is 3.03. The summed E-state index contributed by atoms with van der Waals surface area (Å²) in [5, 5.41) is 6.49. The van der Waals surface area contributed by atoms with Gasteiger partial charge in [0.05, 0.1) is 11.0 Å². The molecule has 1 aromatic carbocycles. The number of ether oxygens (including phenoxy) is 1. The maximum atomic E-state index is 12.2. The number of carbonyl (C=O) groups excluding carboxylic acids is 1. The minimum absolute atomic E-state index is 0.235. The van der Waals surface area contributed by atoms with E-state index in [2.05, 4.69) is 20.6 Å². The molecule has 1 aliphatic heterocycles. The summed E-state index contributed by atoms with van der Waals surface area (Å²) in [6.07, 6.45) is 0.712. The van der Waals surface area contributed by atoms with E-state index in [0.717, 1.165) is 42.2 Å². The normalized spacial score (nSPS) is 17.4. The number of amides is 1. The van der Waals surface area contributed by atoms with Crippen LogP contribution in [0.3, 0.4) is 0 Å². The molecule has 0 unspecified atom stereocenters. The van der Waals surface area contributed by atoms with Crippen molar-refractivity contribution in [1.29, 1.82) is 0 Å². The van der Waals surface area contributed by atoms with Gasteiger partial charge in [-0.15, -0.1) is 0 Å². The predicted molar refractivity (Wildman–Crippen MR) is 103 cm³/mol. The number of likely N-dealkylation sites (tertiary alicyclic amines) is 1. The van der Waals surface area contributed by atoms with E-state index >= 15 is 0 Å². The van der Waals surface area contributed by atoms with Crippen molar-refractivity contribution < 1.29 is 9.53 Å². The first kappa shape index (κ1) is 18.2. The third-order valence-electron chi connectivity index (χ3n) is 4.30. The summed E-state index contributed by atoms with van der Waals surface area (Å²) in [6.45, 7) is 7.81. The van der Waals surface area contributed by atoms with Gasteiger partial charge in [-0.05, 0) is 45.2 Å². The van der Waals surface area contributed by atoms with Crippen LogP contribution in [0, 0.1) is 5.92 Å². The Morgan fingerprint density at radius 1 is 1.23 bits per heavy atom. The van der Waals surface area contributed by atoms with Crippen LogP contribution in [0.2, 0.25) is 0 Å². The van der Waals surface area contributed by atoms with E-state index in [1.807, 2.05) is 52.1 Å². The zero-order valence-corrected chi connectivity index (χ0v) is 15.9. The van der Waals surface area contributed by atoms with Crippen LogP contribution in [0.5, 0.6) is 0 Å². The monoisotopic (exact) mass is 357 g/mol. The molecule has 2 heterocycles. The summed E-state index contributed by atoms with van der Waals surface area (Å²) >= 11 is 0. The molecule has 7 heteroatoms. The zero-order valence-electron chi connectivity index (χ0n) is 15.9. The van der Waals surface area contributed by atoms with Gasteiger partial charge >= 0.3 is 6.09 Å². The largest absolute Gasteiger partial charge is 0.444 e. The van der Waals surface area contributed by atoms with E-state index in [-0.39, 0.29) is 6.09 Å². The maximum Gasteiger partial charge on any atom is 0.410 e. The van der Waals surface area contributed by atoms with Gasteiger partial charge in [0.1, 0.15) is 5.60 Å². The fraction of sp³-hybridized carbons (Fsp3) is 0.526. The minimum Gasteiger partial charge on any atom is -0.444 e. The van der Waals surface area contributed by atoms with Gasteiger partial charge in [0.2, 0.25) is 0 Å². The van der Waals surface area contributed by atoms with Gasteiger partial charge in [0, 0.05) is 26.7 Å². The third-order valence-corrected chi connectivity index (χ3v) is 4.30. The number of rotatable bonds is 4. The molecule has 0 saturated carbocycles. The number of nitrogens with zero attached hydrogens (tertiary/aromatic N) is 3. The molecule has 2 aromatic rings. The van der Waals surface area contributed by atoms with E-state index < -0.39 is 5.60 Å². The van der Waals surface area contributed by atoms with E-state index in [1.165, 1.54) is 0 Å². The first-order chi connectivity index (χ1) is 12.4. The summed E-state index contributed by atoms with van der Waals surface area (Å²) in [5.41, 5.74) is 1.26. The van der Waals surface area contributed by atoms with Gasteiger partial charge < -0.3 is 20.3 Å². The highest BCUT2D eigenvalue weighted by molar-refractivity contribution is 5.80. The number of nitrogens with one attached hydrogen (secondary N) is 2. The summed E-state index contributed by atoms with van der Waals surface area (Å²) < 4.78 is 5.45. The Labute approximate surface area is 154 Å². The average Bonchev–Trinajstić information content (AvgIpc) is 3.07. The van der Waals surface area contributed by atoms with Gasteiger partial charge in [-0.25, -0.2) is 14.8 Å². The van der Waals surface area contributed by atoms with Crippen molar-refractivity contribution in [3.05, 3.63) is 24.3 Å². The van der Waals surface area contributed by atoms with Crippen molar-refractivity contribution in [3.8, 4) is 0 Å². The summed E-state index contributed by atoms with van der Waals surface area (Å²) in [5.74, 6) is 1.83. The second-order valence-electron chi connectivity index (χ2n) is 7.62. The number of para-hydroxylation sites is 2. The van der Waals surface area contributed by atoms with E-state index in [9.17, 15) is 4.79 Å². The Morgan fingerprint density at radius 2 is 1.88 bits per heavy atom. The third kappa shape index (κ3) is 4.33. The molecule has 1 fully saturated rings. The first-order valence-corrected chi connectivity index (χ1v) is 9.02. The van der Waals surface area contributed by atoms with Crippen LogP contribution in [0.1, 0.15) is 27.2 Å². The van der Waals surface area contributed by atoms with Crippen molar-refractivity contribution in [2.24, 2.45) is 5.92 Å². The number of fused-ring (bicyclic) bond motifs is 1. The second kappa shape index (κ2) is 7.35. The lowest BCUT2D eigenvalue weighted by Crippen LogP contribution is -2.35. The highest BCUT2D eigenvalue weighted by atomic mass is 16.6. The molecule has 1 amide bonds. The molecule has 1 saturated heterocycles. The predicted octanol–water partition coefficient (Wildman–Crippen LogP) is 3.34. The Morgan fingerprint density at radius 3 is 2.50 bits per heavy atom. The lowest BCUT2D eigenvalue weighted by atomic mass is 10.1. The highest BCUT2D eigenvalue weighted by Crippen LogP contribution is 2.23. The van der Waals surface area contributed by atoms with Crippen molar-refractivity contribution in [3.63, 3.8) is 0 Å². The smallest absolute Gasteiger partial charge is 0.410 e. The molecule has 140 valence electrons. The van der Waals surface area contributed by atoms with E-state index in [0.29, 0.717) is 12.5 Å². The van der Waals surface area contributed by atoms with Gasteiger partial charge in [0.15, 0.2) is 11.6 Å². The van der Waals surface area contributed by atoms with Crippen molar-refractivity contribution in [2.45, 2.75) is 32.8 Å². The molecule has 1 atom stereocenters. The molecule has 0 spiro atoms. The van der Waals surface area contributed by atoms with Gasteiger partial charge in [-0.2, -0.15) is 0 Å². The average molecular weight is 357 g/mol. The van der Waals surface area contributed by atoms with Crippen LogP contribution in [-0.2, 0) is 4.74 Å². The Balaban J connectivity index is 1.61. The van der Waals surface area contributed by atoms with Crippen LogP contribution in [0.15, 0.2) is 24.3 Å². The van der Waals surface area contributed by atoms with Crippen molar-refractivity contribution >= 4 is 28.8 Å². The molecular weight excluding hydrogens is 330 g/mol. The van der Waals surface area contributed by atoms with Crippen molar-refractivity contribution in [2.75, 3.05) is 37.3 Å². The number of anilines is 2. The highest BCUT2D eigenvalue weighted by Gasteiger charge is 2.29. The molecule has 26 heavy (non-hydrogen) atoms. The summed E-state index contributed by atoms with van der Waals surface area (Å²) in [4.78, 5) is 23.2. The quantitative estimate of drug-likeness (QED) is 0.874.